The van der Waals surface area contributed by atoms with Crippen LogP contribution in [-0.2, 0) is 26.7 Å². The molecule has 0 aromatic heterocycles. The van der Waals surface area contributed by atoms with Gasteiger partial charge in [0.15, 0.2) is 0 Å². The highest BCUT2D eigenvalue weighted by atomic mass is 16.7. The molecule has 3 rings (SSSR count). The number of hydrogen-bond acceptors (Lipinski definition) is 5. The molecule has 0 N–H and O–H groups in total. The lowest BCUT2D eigenvalue weighted by atomic mass is 10.00. The Morgan fingerprint density at radius 1 is 0.967 bits per heavy atom. The molecule has 158 valence electrons. The van der Waals surface area contributed by atoms with E-state index >= 15 is 0 Å². The molecular formula is C25H29NO4. The van der Waals surface area contributed by atoms with Crippen molar-refractivity contribution < 1.29 is 19.0 Å². The number of hydrogen-bond donors (Lipinski definition) is 0. The summed E-state index contributed by atoms with van der Waals surface area (Å²) in [5.74, 6) is -0.723. The van der Waals surface area contributed by atoms with Crippen molar-refractivity contribution in [2.24, 2.45) is 0 Å². The summed E-state index contributed by atoms with van der Waals surface area (Å²) in [6, 6.07) is 22.0. The lowest BCUT2D eigenvalue weighted by Crippen LogP contribution is -2.43. The molecule has 0 saturated heterocycles. The molecule has 3 aromatic carbocycles. The molecule has 0 fully saturated rings. The number of rotatable bonds is 9. The van der Waals surface area contributed by atoms with Gasteiger partial charge in [-0.05, 0) is 55.6 Å². The molecule has 30 heavy (non-hydrogen) atoms. The van der Waals surface area contributed by atoms with E-state index in [1.807, 2.05) is 92.6 Å². The Labute approximate surface area is 178 Å². The lowest BCUT2D eigenvalue weighted by Gasteiger charge is -2.35. The second kappa shape index (κ2) is 9.74. The van der Waals surface area contributed by atoms with E-state index in [9.17, 15) is 4.79 Å². The highest BCUT2D eigenvalue weighted by molar-refractivity contribution is 5.84. The number of carbonyl (C=O) groups excluding carboxylic acids is 1. The summed E-state index contributed by atoms with van der Waals surface area (Å²) in [5, 5.41) is 2.07. The standard InChI is InChI=1S/C25H29NO4/c1-5-29-25(18-26(3)4,30-19(2)27)23-13-11-22-16-24(14-12-21(22)15-23)28-17-20-9-7-6-8-10-20/h6-16H,5,17-18H2,1-4H3. The molecule has 0 aliphatic carbocycles. The molecule has 0 bridgehead atoms. The lowest BCUT2D eigenvalue weighted by molar-refractivity contribution is -0.241. The summed E-state index contributed by atoms with van der Waals surface area (Å²) in [7, 11) is 3.85. The molecule has 3 aromatic rings. The van der Waals surface area contributed by atoms with Crippen LogP contribution in [0.4, 0.5) is 0 Å². The third kappa shape index (κ3) is 5.38. The summed E-state index contributed by atoms with van der Waals surface area (Å²) < 4.78 is 17.6. The van der Waals surface area contributed by atoms with E-state index < -0.39 is 5.79 Å². The first-order valence-corrected chi connectivity index (χ1v) is 10.1. The Morgan fingerprint density at radius 2 is 1.67 bits per heavy atom. The van der Waals surface area contributed by atoms with E-state index in [2.05, 4.69) is 0 Å². The monoisotopic (exact) mass is 407 g/mol. The number of fused-ring (bicyclic) bond motifs is 1. The molecule has 0 aliphatic rings. The van der Waals surface area contributed by atoms with E-state index in [0.29, 0.717) is 19.8 Å². The number of esters is 1. The summed E-state index contributed by atoms with van der Waals surface area (Å²) in [4.78, 5) is 13.8. The van der Waals surface area contributed by atoms with Gasteiger partial charge in [-0.3, -0.25) is 4.79 Å². The number of carbonyl (C=O) groups is 1. The second-order valence-electron chi connectivity index (χ2n) is 7.52. The number of nitrogens with zero attached hydrogens (tertiary/aromatic N) is 1. The highest BCUT2D eigenvalue weighted by Crippen LogP contribution is 2.32. The van der Waals surface area contributed by atoms with Crippen molar-refractivity contribution in [3.8, 4) is 5.75 Å². The van der Waals surface area contributed by atoms with Gasteiger partial charge >= 0.3 is 5.97 Å². The first-order chi connectivity index (χ1) is 14.4. The van der Waals surface area contributed by atoms with Gasteiger partial charge in [0.1, 0.15) is 12.4 Å². The quantitative estimate of drug-likeness (QED) is 0.379. The molecule has 0 saturated carbocycles. The zero-order valence-electron chi connectivity index (χ0n) is 18.1. The maximum Gasteiger partial charge on any atom is 0.305 e. The van der Waals surface area contributed by atoms with Crippen molar-refractivity contribution in [1.29, 1.82) is 0 Å². The van der Waals surface area contributed by atoms with Crippen LogP contribution in [0.15, 0.2) is 66.7 Å². The Bertz CT molecular complexity index is 987. The Kier molecular flexibility index (Phi) is 7.08. The van der Waals surface area contributed by atoms with Crippen molar-refractivity contribution in [2.45, 2.75) is 26.2 Å². The van der Waals surface area contributed by atoms with E-state index in [1.54, 1.807) is 0 Å². The van der Waals surface area contributed by atoms with Crippen LogP contribution in [-0.4, -0.2) is 38.1 Å². The van der Waals surface area contributed by atoms with Crippen LogP contribution in [0.5, 0.6) is 5.75 Å². The van der Waals surface area contributed by atoms with Gasteiger partial charge in [0.2, 0.25) is 0 Å². The maximum atomic E-state index is 11.8. The van der Waals surface area contributed by atoms with Gasteiger partial charge in [-0.25, -0.2) is 0 Å². The van der Waals surface area contributed by atoms with Crippen LogP contribution in [0.1, 0.15) is 25.0 Å². The highest BCUT2D eigenvalue weighted by Gasteiger charge is 2.37. The first-order valence-electron chi connectivity index (χ1n) is 10.1. The van der Waals surface area contributed by atoms with Crippen LogP contribution >= 0.6 is 0 Å². The number of likely N-dealkylation sites (N-methyl/N-ethyl adjacent to an activating group) is 1. The zero-order chi connectivity index (χ0) is 21.6. The fraction of sp³-hybridized carbons (Fsp3) is 0.320. The van der Waals surface area contributed by atoms with Gasteiger partial charge in [0, 0.05) is 19.1 Å². The molecule has 0 radical (unpaired) electrons. The third-order valence-corrected chi connectivity index (χ3v) is 4.71. The molecule has 0 spiro atoms. The average Bonchev–Trinajstić information content (AvgIpc) is 2.71. The maximum absolute atomic E-state index is 11.8. The summed E-state index contributed by atoms with van der Waals surface area (Å²) >= 11 is 0. The molecule has 0 aliphatic heterocycles. The van der Waals surface area contributed by atoms with Crippen molar-refractivity contribution in [3.63, 3.8) is 0 Å². The van der Waals surface area contributed by atoms with E-state index in [1.165, 1.54) is 6.92 Å². The van der Waals surface area contributed by atoms with E-state index in [0.717, 1.165) is 27.6 Å². The Hall–Kier alpha value is -2.89. The second-order valence-corrected chi connectivity index (χ2v) is 7.52. The van der Waals surface area contributed by atoms with E-state index in [4.69, 9.17) is 14.2 Å². The van der Waals surface area contributed by atoms with Gasteiger partial charge in [0.25, 0.3) is 5.79 Å². The van der Waals surface area contributed by atoms with Gasteiger partial charge in [-0.2, -0.15) is 0 Å². The predicted octanol–water partition coefficient (Wildman–Crippen LogP) is 4.73. The summed E-state index contributed by atoms with van der Waals surface area (Å²) in [6.45, 7) is 4.66. The van der Waals surface area contributed by atoms with Crippen LogP contribution in [0.2, 0.25) is 0 Å². The minimum Gasteiger partial charge on any atom is -0.489 e. The van der Waals surface area contributed by atoms with Crippen molar-refractivity contribution in [3.05, 3.63) is 77.9 Å². The molecular weight excluding hydrogens is 378 g/mol. The van der Waals surface area contributed by atoms with Gasteiger partial charge in [-0.15, -0.1) is 0 Å². The van der Waals surface area contributed by atoms with Crippen LogP contribution in [0, 0.1) is 0 Å². The Balaban J connectivity index is 1.89. The SMILES string of the molecule is CCOC(CN(C)C)(OC(C)=O)c1ccc2cc(OCc3ccccc3)ccc2c1. The summed E-state index contributed by atoms with van der Waals surface area (Å²) in [5.41, 5.74) is 1.93. The molecule has 0 amide bonds. The smallest absolute Gasteiger partial charge is 0.305 e. The normalized spacial score (nSPS) is 13.2. The zero-order valence-corrected chi connectivity index (χ0v) is 18.1. The third-order valence-electron chi connectivity index (χ3n) is 4.71. The largest absolute Gasteiger partial charge is 0.489 e. The molecule has 1 atom stereocenters. The molecule has 0 heterocycles. The molecule has 1 unspecified atom stereocenters. The molecule has 5 heteroatoms. The van der Waals surface area contributed by atoms with Crippen LogP contribution in [0.3, 0.4) is 0 Å². The Morgan fingerprint density at radius 3 is 2.33 bits per heavy atom. The van der Waals surface area contributed by atoms with Crippen molar-refractivity contribution in [2.75, 3.05) is 27.2 Å². The molecule has 5 nitrogen and oxygen atoms in total. The number of benzene rings is 3. The van der Waals surface area contributed by atoms with Crippen LogP contribution in [0.25, 0.3) is 10.8 Å². The van der Waals surface area contributed by atoms with Gasteiger partial charge in [0.05, 0.1) is 6.54 Å². The average molecular weight is 408 g/mol. The topological polar surface area (TPSA) is 48.0 Å². The van der Waals surface area contributed by atoms with E-state index in [-0.39, 0.29) is 5.97 Å². The fourth-order valence-electron chi connectivity index (χ4n) is 3.51. The predicted molar refractivity (Wildman–Crippen MR) is 118 cm³/mol. The number of ether oxygens (including phenoxy) is 3. The minimum absolute atomic E-state index is 0.380. The van der Waals surface area contributed by atoms with Crippen molar-refractivity contribution in [1.82, 2.24) is 4.90 Å². The fourth-order valence-corrected chi connectivity index (χ4v) is 3.51. The van der Waals surface area contributed by atoms with Crippen LogP contribution < -0.4 is 4.74 Å². The van der Waals surface area contributed by atoms with Gasteiger partial charge < -0.3 is 19.1 Å². The first kappa shape index (κ1) is 21.8. The summed E-state index contributed by atoms with van der Waals surface area (Å²) in [6.07, 6.45) is 0. The van der Waals surface area contributed by atoms with Gasteiger partial charge in [-0.1, -0.05) is 48.5 Å². The minimum atomic E-state index is -1.15. The van der Waals surface area contributed by atoms with Crippen molar-refractivity contribution >= 4 is 16.7 Å².